The Balaban J connectivity index is 2.16. The third-order valence-corrected chi connectivity index (χ3v) is 2.87. The summed E-state index contributed by atoms with van der Waals surface area (Å²) in [5, 5.41) is 21.7. The lowest BCUT2D eigenvalue weighted by molar-refractivity contribution is -0.384. The van der Waals surface area contributed by atoms with E-state index in [0.29, 0.717) is 12.1 Å². The number of aliphatic hydroxyl groups excluding tert-OH is 1. The van der Waals surface area contributed by atoms with Crippen molar-refractivity contribution in [1.29, 1.82) is 0 Å². The molecule has 1 rings (SSSR count). The normalized spacial score (nSPS) is 10.1. The van der Waals surface area contributed by atoms with Gasteiger partial charge in [0, 0.05) is 25.3 Å². The predicted molar refractivity (Wildman–Crippen MR) is 76.8 cm³/mol. The van der Waals surface area contributed by atoms with Gasteiger partial charge in [-0.15, -0.1) is 0 Å². The SMILES string of the molecule is O=C(NCCCCCCO)OCc1ccc([N+](=O)[O-])cc1. The summed E-state index contributed by atoms with van der Waals surface area (Å²) in [6, 6.07) is 5.86. The van der Waals surface area contributed by atoms with Crippen molar-refractivity contribution in [1.82, 2.24) is 5.32 Å². The van der Waals surface area contributed by atoms with E-state index in [1.54, 1.807) is 12.1 Å². The molecule has 116 valence electrons. The van der Waals surface area contributed by atoms with Crippen molar-refractivity contribution in [3.05, 3.63) is 39.9 Å². The molecule has 0 saturated carbocycles. The van der Waals surface area contributed by atoms with Gasteiger partial charge in [0.2, 0.25) is 0 Å². The number of ether oxygens (including phenoxy) is 1. The second kappa shape index (κ2) is 9.71. The van der Waals surface area contributed by atoms with Crippen LogP contribution in [0.4, 0.5) is 10.5 Å². The number of amides is 1. The summed E-state index contributed by atoms with van der Waals surface area (Å²) in [5.41, 5.74) is 0.699. The molecule has 0 fully saturated rings. The molecule has 21 heavy (non-hydrogen) atoms. The van der Waals surface area contributed by atoms with Crippen LogP contribution in [0.3, 0.4) is 0 Å². The van der Waals surface area contributed by atoms with Gasteiger partial charge < -0.3 is 15.2 Å². The van der Waals surface area contributed by atoms with Crippen molar-refractivity contribution in [2.75, 3.05) is 13.2 Å². The Labute approximate surface area is 123 Å². The first-order chi connectivity index (χ1) is 10.1. The molecule has 1 amide bonds. The fraction of sp³-hybridized carbons (Fsp3) is 0.500. The Morgan fingerprint density at radius 1 is 1.19 bits per heavy atom. The number of nitro benzene ring substituents is 1. The molecule has 0 aromatic heterocycles. The Hall–Kier alpha value is -2.15. The van der Waals surface area contributed by atoms with Crippen molar-refractivity contribution < 1.29 is 19.6 Å². The monoisotopic (exact) mass is 296 g/mol. The van der Waals surface area contributed by atoms with Crippen molar-refractivity contribution in [3.8, 4) is 0 Å². The largest absolute Gasteiger partial charge is 0.445 e. The first kappa shape index (κ1) is 16.9. The zero-order valence-corrected chi connectivity index (χ0v) is 11.8. The van der Waals surface area contributed by atoms with Gasteiger partial charge >= 0.3 is 6.09 Å². The van der Waals surface area contributed by atoms with Gasteiger partial charge in [-0.3, -0.25) is 10.1 Å². The summed E-state index contributed by atoms with van der Waals surface area (Å²) in [6.07, 6.45) is 3.01. The summed E-state index contributed by atoms with van der Waals surface area (Å²) in [4.78, 5) is 21.4. The number of non-ortho nitro benzene ring substituents is 1. The number of benzene rings is 1. The molecule has 1 aromatic carbocycles. The summed E-state index contributed by atoms with van der Waals surface area (Å²) in [5.74, 6) is 0. The van der Waals surface area contributed by atoms with Crippen LogP contribution in [0.5, 0.6) is 0 Å². The van der Waals surface area contributed by atoms with E-state index in [2.05, 4.69) is 5.32 Å². The average molecular weight is 296 g/mol. The Kier molecular flexibility index (Phi) is 7.81. The van der Waals surface area contributed by atoms with Gasteiger partial charge in [-0.05, 0) is 30.5 Å². The quantitative estimate of drug-likeness (QED) is 0.414. The highest BCUT2D eigenvalue weighted by Gasteiger charge is 2.06. The summed E-state index contributed by atoms with van der Waals surface area (Å²) in [7, 11) is 0. The predicted octanol–water partition coefficient (Wildman–Crippen LogP) is 2.37. The van der Waals surface area contributed by atoms with Gasteiger partial charge in [-0.25, -0.2) is 4.79 Å². The molecular weight excluding hydrogens is 276 g/mol. The lowest BCUT2D eigenvalue weighted by atomic mass is 10.2. The fourth-order valence-corrected chi connectivity index (χ4v) is 1.69. The minimum Gasteiger partial charge on any atom is -0.445 e. The molecule has 0 spiro atoms. The van der Waals surface area contributed by atoms with Gasteiger partial charge in [-0.2, -0.15) is 0 Å². The maximum absolute atomic E-state index is 11.4. The second-order valence-electron chi connectivity index (χ2n) is 4.56. The molecular formula is C14H20N2O5. The molecule has 0 aliphatic rings. The van der Waals surface area contributed by atoms with E-state index in [-0.39, 0.29) is 18.9 Å². The molecule has 0 aliphatic heterocycles. The zero-order valence-electron chi connectivity index (χ0n) is 11.8. The van der Waals surface area contributed by atoms with Crippen LogP contribution in [0.1, 0.15) is 31.2 Å². The Morgan fingerprint density at radius 2 is 1.86 bits per heavy atom. The van der Waals surface area contributed by atoms with E-state index < -0.39 is 11.0 Å². The number of nitro groups is 1. The van der Waals surface area contributed by atoms with Crippen LogP contribution in [0.2, 0.25) is 0 Å². The van der Waals surface area contributed by atoms with Crippen LogP contribution in [-0.2, 0) is 11.3 Å². The molecule has 0 saturated heterocycles. The number of alkyl carbamates (subject to hydrolysis) is 1. The van der Waals surface area contributed by atoms with Gasteiger partial charge in [0.05, 0.1) is 4.92 Å². The van der Waals surface area contributed by atoms with Gasteiger partial charge in [0.15, 0.2) is 0 Å². The second-order valence-corrected chi connectivity index (χ2v) is 4.56. The molecule has 0 unspecified atom stereocenters. The zero-order chi connectivity index (χ0) is 15.5. The first-order valence-electron chi connectivity index (χ1n) is 6.88. The van der Waals surface area contributed by atoms with Gasteiger partial charge in [0.25, 0.3) is 5.69 Å². The van der Waals surface area contributed by atoms with Crippen LogP contribution in [0, 0.1) is 10.1 Å². The minimum atomic E-state index is -0.504. The standard InChI is InChI=1S/C14H20N2O5/c17-10-4-2-1-3-9-15-14(18)21-11-12-5-7-13(8-6-12)16(19)20/h5-8,17H,1-4,9-11H2,(H,15,18). The van der Waals surface area contributed by atoms with E-state index in [9.17, 15) is 14.9 Å². The van der Waals surface area contributed by atoms with Crippen LogP contribution in [-0.4, -0.2) is 29.3 Å². The fourth-order valence-electron chi connectivity index (χ4n) is 1.69. The number of unbranched alkanes of at least 4 members (excludes halogenated alkanes) is 3. The van der Waals surface area contributed by atoms with Crippen molar-refractivity contribution in [2.45, 2.75) is 32.3 Å². The van der Waals surface area contributed by atoms with Crippen LogP contribution < -0.4 is 5.32 Å². The molecule has 7 heteroatoms. The molecule has 0 heterocycles. The number of aliphatic hydroxyl groups is 1. The lowest BCUT2D eigenvalue weighted by Crippen LogP contribution is -2.25. The minimum absolute atomic E-state index is 0.00563. The van der Waals surface area contributed by atoms with Gasteiger partial charge in [-0.1, -0.05) is 12.8 Å². The highest BCUT2D eigenvalue weighted by Crippen LogP contribution is 2.12. The van der Waals surface area contributed by atoms with Crippen molar-refractivity contribution in [2.24, 2.45) is 0 Å². The van der Waals surface area contributed by atoms with E-state index >= 15 is 0 Å². The molecule has 1 aromatic rings. The number of hydrogen-bond acceptors (Lipinski definition) is 5. The Bertz CT molecular complexity index is 447. The Morgan fingerprint density at radius 3 is 2.48 bits per heavy atom. The molecule has 0 aliphatic carbocycles. The number of nitrogens with zero attached hydrogens (tertiary/aromatic N) is 1. The van der Waals surface area contributed by atoms with Gasteiger partial charge in [0.1, 0.15) is 6.61 Å². The van der Waals surface area contributed by atoms with Crippen LogP contribution in [0.15, 0.2) is 24.3 Å². The summed E-state index contributed by atoms with van der Waals surface area (Å²) < 4.78 is 5.00. The van der Waals surface area contributed by atoms with E-state index in [1.165, 1.54) is 12.1 Å². The van der Waals surface area contributed by atoms with Crippen LogP contribution >= 0.6 is 0 Å². The van der Waals surface area contributed by atoms with E-state index in [0.717, 1.165) is 25.7 Å². The lowest BCUT2D eigenvalue weighted by Gasteiger charge is -2.07. The smallest absolute Gasteiger partial charge is 0.407 e. The van der Waals surface area contributed by atoms with Crippen molar-refractivity contribution in [3.63, 3.8) is 0 Å². The summed E-state index contributed by atoms with van der Waals surface area (Å²) >= 11 is 0. The van der Waals surface area contributed by atoms with Crippen molar-refractivity contribution >= 4 is 11.8 Å². The average Bonchev–Trinajstić information content (AvgIpc) is 2.49. The van der Waals surface area contributed by atoms with Crippen LogP contribution in [0.25, 0.3) is 0 Å². The summed E-state index contributed by atoms with van der Waals surface area (Å²) in [6.45, 7) is 0.809. The maximum atomic E-state index is 11.4. The number of hydrogen-bond donors (Lipinski definition) is 2. The number of rotatable bonds is 9. The van der Waals surface area contributed by atoms with E-state index in [1.807, 2.05) is 0 Å². The molecule has 7 nitrogen and oxygen atoms in total. The third-order valence-electron chi connectivity index (χ3n) is 2.87. The topological polar surface area (TPSA) is 102 Å². The molecule has 2 N–H and O–H groups in total. The highest BCUT2D eigenvalue weighted by atomic mass is 16.6. The number of nitrogens with one attached hydrogen (secondary N) is 1. The highest BCUT2D eigenvalue weighted by molar-refractivity contribution is 5.67. The molecule has 0 atom stereocenters. The number of carbonyl (C=O) groups is 1. The number of carbonyl (C=O) groups excluding carboxylic acids is 1. The van der Waals surface area contributed by atoms with E-state index in [4.69, 9.17) is 9.84 Å². The molecule has 0 bridgehead atoms. The maximum Gasteiger partial charge on any atom is 0.407 e. The third kappa shape index (κ3) is 7.26. The molecule has 0 radical (unpaired) electrons. The first-order valence-corrected chi connectivity index (χ1v) is 6.88.